The topological polar surface area (TPSA) is 61.8 Å². The maximum absolute atomic E-state index is 12.6. The molecule has 1 radical (unpaired) electrons. The van der Waals surface area contributed by atoms with Crippen LogP contribution >= 0.6 is 0 Å². The van der Waals surface area contributed by atoms with Crippen LogP contribution in [0.15, 0.2) is 30.3 Å². The van der Waals surface area contributed by atoms with E-state index >= 15 is 0 Å². The van der Waals surface area contributed by atoms with Gasteiger partial charge in [0.25, 0.3) is 0 Å². The lowest BCUT2D eigenvalue weighted by Crippen LogP contribution is -2.44. The monoisotopic (exact) mass is 319 g/mol. The third kappa shape index (κ3) is 4.53. The number of carbonyl (C=O) groups excluding carboxylic acids is 1. The van der Waals surface area contributed by atoms with E-state index in [-0.39, 0.29) is 18.0 Å². The zero-order chi connectivity index (χ0) is 16.8. The zero-order valence-corrected chi connectivity index (χ0v) is 14.1. The first kappa shape index (κ1) is 17.9. The summed E-state index contributed by atoms with van der Waals surface area (Å²) < 4.78 is 5.09. The molecule has 1 aromatic rings. The van der Waals surface area contributed by atoms with Crippen molar-refractivity contribution in [2.45, 2.75) is 38.6 Å². The summed E-state index contributed by atoms with van der Waals surface area (Å²) in [6, 6.07) is 9.33. The first-order valence-corrected chi connectivity index (χ1v) is 8.15. The normalized spacial score (nSPS) is 22.8. The molecule has 2 rings (SSSR count). The smallest absolute Gasteiger partial charge is 0.243 e. The Hall–Kier alpha value is -1.43. The van der Waals surface area contributed by atoms with Gasteiger partial charge in [-0.15, -0.1) is 0 Å². The number of rotatable bonds is 8. The number of nitrogens with one attached hydrogen (secondary N) is 1. The molecule has 0 aromatic heterocycles. The van der Waals surface area contributed by atoms with Gasteiger partial charge in [0, 0.05) is 13.7 Å². The summed E-state index contributed by atoms with van der Waals surface area (Å²) in [5.74, 6) is 0.208. The second-order valence-electron chi connectivity index (χ2n) is 6.27. The minimum absolute atomic E-state index is 0.0578. The number of hydrogen-bond donors (Lipinski definition) is 2. The molecule has 2 N–H and O–H groups in total. The number of methoxy groups -OCH3 is 1. The van der Waals surface area contributed by atoms with E-state index < -0.39 is 12.1 Å². The molecule has 0 bridgehead atoms. The van der Waals surface area contributed by atoms with Crippen molar-refractivity contribution in [3.63, 3.8) is 0 Å². The largest absolute Gasteiger partial charge is 0.391 e. The molecule has 1 amide bonds. The fourth-order valence-electron chi connectivity index (χ4n) is 2.90. The number of ether oxygens (including phenoxy) is 1. The summed E-state index contributed by atoms with van der Waals surface area (Å²) in [5, 5.41) is 13.7. The van der Waals surface area contributed by atoms with Gasteiger partial charge in [0.15, 0.2) is 0 Å². The molecule has 1 saturated heterocycles. The van der Waals surface area contributed by atoms with Gasteiger partial charge in [0.05, 0.1) is 18.9 Å². The Balaban J connectivity index is 1.96. The average molecular weight is 319 g/mol. The minimum Gasteiger partial charge on any atom is -0.391 e. The molecule has 0 aliphatic carbocycles. The van der Waals surface area contributed by atoms with Crippen LogP contribution in [0, 0.1) is 12.3 Å². The van der Waals surface area contributed by atoms with E-state index in [1.807, 2.05) is 30.3 Å². The van der Waals surface area contributed by atoms with Gasteiger partial charge in [-0.25, -0.2) is 0 Å². The number of carbonyl (C=O) groups is 1. The Morgan fingerprint density at radius 3 is 2.65 bits per heavy atom. The molecular weight excluding hydrogens is 292 g/mol. The van der Waals surface area contributed by atoms with E-state index in [1.54, 1.807) is 18.4 Å². The van der Waals surface area contributed by atoms with Crippen LogP contribution in [0.4, 0.5) is 0 Å². The van der Waals surface area contributed by atoms with Crippen LogP contribution in [0.25, 0.3) is 0 Å². The first-order chi connectivity index (χ1) is 11.0. The quantitative estimate of drug-likeness (QED) is 0.756. The van der Waals surface area contributed by atoms with Crippen molar-refractivity contribution >= 4 is 5.91 Å². The molecule has 5 heteroatoms. The van der Waals surface area contributed by atoms with Crippen molar-refractivity contribution in [1.82, 2.24) is 10.2 Å². The van der Waals surface area contributed by atoms with Gasteiger partial charge in [-0.2, -0.15) is 0 Å². The summed E-state index contributed by atoms with van der Waals surface area (Å²) in [4.78, 5) is 14.4. The predicted octanol–water partition coefficient (Wildman–Crippen LogP) is 1.22. The van der Waals surface area contributed by atoms with E-state index in [1.165, 1.54) is 0 Å². The molecule has 1 fully saturated rings. The van der Waals surface area contributed by atoms with Crippen LogP contribution in [0.5, 0.6) is 0 Å². The van der Waals surface area contributed by atoms with Crippen molar-refractivity contribution in [2.75, 3.05) is 20.3 Å². The third-order valence-corrected chi connectivity index (χ3v) is 4.18. The summed E-state index contributed by atoms with van der Waals surface area (Å²) >= 11 is 0. The van der Waals surface area contributed by atoms with Crippen molar-refractivity contribution in [3.05, 3.63) is 42.3 Å². The summed E-state index contributed by atoms with van der Waals surface area (Å²) in [6.07, 6.45) is 1.55. The van der Waals surface area contributed by atoms with Crippen LogP contribution in [0.1, 0.15) is 19.4 Å². The fraction of sp³-hybridized carbons (Fsp3) is 0.556. The summed E-state index contributed by atoms with van der Waals surface area (Å²) in [6.45, 7) is 5.15. The van der Waals surface area contributed by atoms with E-state index in [4.69, 9.17) is 4.74 Å². The van der Waals surface area contributed by atoms with Gasteiger partial charge in [-0.3, -0.25) is 10.1 Å². The Labute approximate surface area is 138 Å². The average Bonchev–Trinajstić information content (AvgIpc) is 2.88. The number of nitrogens with zero attached hydrogens (tertiary/aromatic N) is 1. The number of aliphatic hydroxyl groups excluding tert-OH is 1. The first-order valence-electron chi connectivity index (χ1n) is 8.15. The molecule has 1 aliphatic heterocycles. The fourth-order valence-corrected chi connectivity index (χ4v) is 2.90. The number of aliphatic hydroxyl groups is 1. The van der Waals surface area contributed by atoms with E-state index in [0.29, 0.717) is 19.6 Å². The van der Waals surface area contributed by atoms with Crippen molar-refractivity contribution in [2.24, 2.45) is 5.92 Å². The van der Waals surface area contributed by atoms with E-state index in [9.17, 15) is 9.90 Å². The van der Waals surface area contributed by atoms with Gasteiger partial charge in [0.2, 0.25) is 5.91 Å². The highest BCUT2D eigenvalue weighted by molar-refractivity contribution is 5.85. The Morgan fingerprint density at radius 1 is 1.35 bits per heavy atom. The molecule has 127 valence electrons. The van der Waals surface area contributed by atoms with Crippen molar-refractivity contribution in [3.8, 4) is 0 Å². The molecule has 0 spiro atoms. The summed E-state index contributed by atoms with van der Waals surface area (Å²) in [7, 11) is 1.62. The van der Waals surface area contributed by atoms with Gasteiger partial charge in [-0.05, 0) is 24.3 Å². The lowest BCUT2D eigenvalue weighted by atomic mass is 10.0. The number of benzene rings is 1. The molecule has 1 unspecified atom stereocenters. The van der Waals surface area contributed by atoms with Gasteiger partial charge < -0.3 is 14.7 Å². The Bertz CT molecular complexity index is 492. The predicted molar refractivity (Wildman–Crippen MR) is 89.6 cm³/mol. The highest BCUT2D eigenvalue weighted by atomic mass is 16.5. The van der Waals surface area contributed by atoms with Crippen LogP contribution in [0.2, 0.25) is 0 Å². The van der Waals surface area contributed by atoms with Crippen LogP contribution in [-0.2, 0) is 16.0 Å². The molecule has 23 heavy (non-hydrogen) atoms. The third-order valence-electron chi connectivity index (χ3n) is 4.18. The second kappa shape index (κ2) is 8.43. The maximum Gasteiger partial charge on any atom is 0.243 e. The molecule has 1 aliphatic rings. The molecule has 0 saturated carbocycles. The lowest BCUT2D eigenvalue weighted by Gasteiger charge is -2.26. The van der Waals surface area contributed by atoms with E-state index in [2.05, 4.69) is 19.2 Å². The molecule has 1 aromatic carbocycles. The minimum atomic E-state index is -0.809. The molecule has 3 atom stereocenters. The summed E-state index contributed by atoms with van der Waals surface area (Å²) in [5.41, 5.74) is 1.12. The highest BCUT2D eigenvalue weighted by Gasteiger charge is 2.43. The molecule has 1 heterocycles. The number of amides is 1. The van der Waals surface area contributed by atoms with Crippen LogP contribution < -0.4 is 5.32 Å². The number of hydrogen-bond acceptors (Lipinski definition) is 4. The molecule has 5 nitrogen and oxygen atoms in total. The zero-order valence-electron chi connectivity index (χ0n) is 14.1. The Kier molecular flexibility index (Phi) is 6.57. The maximum atomic E-state index is 12.6. The van der Waals surface area contributed by atoms with Crippen LogP contribution in [-0.4, -0.2) is 54.5 Å². The van der Waals surface area contributed by atoms with Gasteiger partial charge in [-0.1, -0.05) is 44.2 Å². The molecular formula is C18H27N2O3. The SMILES string of the molecule is COCCN1C(=O)[C@H]([C@H](O)[CH]Cc2ccccc2)NC1C(C)C. The van der Waals surface area contributed by atoms with Crippen molar-refractivity contribution in [1.29, 1.82) is 0 Å². The van der Waals surface area contributed by atoms with E-state index in [0.717, 1.165) is 5.56 Å². The van der Waals surface area contributed by atoms with Gasteiger partial charge >= 0.3 is 0 Å². The lowest BCUT2D eigenvalue weighted by molar-refractivity contribution is -0.132. The standard InChI is InChI=1S/C18H27N2O3/c1-13(2)17-19-16(18(22)20(17)11-12-23-3)15(21)10-9-14-7-5-4-6-8-14/h4-8,10,13,15-17,19,21H,9,11-12H2,1-3H3/t15-,16+,17?/m1/s1. The Morgan fingerprint density at radius 2 is 2.04 bits per heavy atom. The van der Waals surface area contributed by atoms with Crippen LogP contribution in [0.3, 0.4) is 0 Å². The second-order valence-corrected chi connectivity index (χ2v) is 6.27. The van der Waals surface area contributed by atoms with Crippen molar-refractivity contribution < 1.29 is 14.6 Å². The highest BCUT2D eigenvalue weighted by Crippen LogP contribution is 2.20. The van der Waals surface area contributed by atoms with Gasteiger partial charge in [0.1, 0.15) is 6.04 Å².